The summed E-state index contributed by atoms with van der Waals surface area (Å²) in [6, 6.07) is 0. The lowest BCUT2D eigenvalue weighted by Crippen LogP contribution is -2.31. The quantitative estimate of drug-likeness (QED) is 0.614. The predicted molar refractivity (Wildman–Crippen MR) is 59.2 cm³/mol. The molecule has 0 aromatic heterocycles. The van der Waals surface area contributed by atoms with Crippen LogP contribution in [-0.4, -0.2) is 30.2 Å². The summed E-state index contributed by atoms with van der Waals surface area (Å²) < 4.78 is 0. The maximum atomic E-state index is 11.4. The Morgan fingerprint density at radius 1 is 1.60 bits per heavy atom. The molecule has 1 fully saturated rings. The summed E-state index contributed by atoms with van der Waals surface area (Å²) in [6.07, 6.45) is 3.07. The Balaban J connectivity index is 2.11. The smallest absolute Gasteiger partial charge is 0.220 e. The zero-order valence-electron chi connectivity index (χ0n) is 9.41. The number of aliphatic hydroxyl groups is 1. The molecule has 1 aliphatic rings. The molecule has 0 radical (unpaired) electrons. The van der Waals surface area contributed by atoms with Crippen molar-refractivity contribution in [2.45, 2.75) is 38.7 Å². The predicted octanol–water partition coefficient (Wildman–Crippen LogP) is 0.249. The Bertz CT molecular complexity index is 209. The first-order valence-corrected chi connectivity index (χ1v) is 5.76. The minimum Gasteiger partial charge on any atom is -0.393 e. The van der Waals surface area contributed by atoms with Crippen molar-refractivity contribution in [3.63, 3.8) is 0 Å². The number of hydrogen-bond donors (Lipinski definition) is 3. The van der Waals surface area contributed by atoms with E-state index in [2.05, 4.69) is 5.32 Å². The van der Waals surface area contributed by atoms with E-state index in [1.54, 1.807) is 0 Å². The topological polar surface area (TPSA) is 75.4 Å². The van der Waals surface area contributed by atoms with Crippen molar-refractivity contribution in [2.24, 2.45) is 17.6 Å². The highest BCUT2D eigenvalue weighted by Crippen LogP contribution is 2.24. The molecule has 0 aliphatic heterocycles. The highest BCUT2D eigenvalue weighted by atomic mass is 16.3. The van der Waals surface area contributed by atoms with Crippen LogP contribution in [0.5, 0.6) is 0 Å². The first kappa shape index (κ1) is 12.5. The van der Waals surface area contributed by atoms with Crippen LogP contribution in [0.4, 0.5) is 0 Å². The number of rotatable bonds is 5. The van der Waals surface area contributed by atoms with Crippen molar-refractivity contribution in [2.75, 3.05) is 13.1 Å². The highest BCUT2D eigenvalue weighted by Gasteiger charge is 2.22. The van der Waals surface area contributed by atoms with Crippen LogP contribution >= 0.6 is 0 Å². The Kier molecular flexibility index (Phi) is 5.05. The van der Waals surface area contributed by atoms with Crippen LogP contribution in [0.1, 0.15) is 32.6 Å². The van der Waals surface area contributed by atoms with E-state index in [1.165, 1.54) is 0 Å². The van der Waals surface area contributed by atoms with Gasteiger partial charge < -0.3 is 16.2 Å². The van der Waals surface area contributed by atoms with Crippen LogP contribution in [0.15, 0.2) is 0 Å². The average molecular weight is 214 g/mol. The van der Waals surface area contributed by atoms with Crippen molar-refractivity contribution >= 4 is 5.91 Å². The van der Waals surface area contributed by atoms with Gasteiger partial charge in [0.1, 0.15) is 0 Å². The molecule has 0 aromatic carbocycles. The van der Waals surface area contributed by atoms with Gasteiger partial charge in [0, 0.05) is 13.0 Å². The number of amides is 1. The number of hydrogen-bond acceptors (Lipinski definition) is 3. The molecular weight excluding hydrogens is 192 g/mol. The summed E-state index contributed by atoms with van der Waals surface area (Å²) in [5.74, 6) is 0.783. The lowest BCUT2D eigenvalue weighted by Gasteiger charge is -2.12. The third-order valence-corrected chi connectivity index (χ3v) is 3.04. The Morgan fingerprint density at radius 3 is 2.87 bits per heavy atom. The Labute approximate surface area is 91.2 Å². The molecule has 4 N–H and O–H groups in total. The molecule has 15 heavy (non-hydrogen) atoms. The van der Waals surface area contributed by atoms with Gasteiger partial charge >= 0.3 is 0 Å². The van der Waals surface area contributed by atoms with Gasteiger partial charge in [0.2, 0.25) is 5.91 Å². The van der Waals surface area contributed by atoms with Crippen molar-refractivity contribution in [3.05, 3.63) is 0 Å². The lowest BCUT2D eigenvalue weighted by molar-refractivity contribution is -0.122. The molecule has 0 spiro atoms. The minimum atomic E-state index is -0.158. The van der Waals surface area contributed by atoms with E-state index in [-0.39, 0.29) is 17.9 Å². The summed E-state index contributed by atoms with van der Waals surface area (Å²) in [4.78, 5) is 11.4. The lowest BCUT2D eigenvalue weighted by atomic mass is 10.1. The second-order valence-corrected chi connectivity index (χ2v) is 4.68. The van der Waals surface area contributed by atoms with Gasteiger partial charge in [-0.2, -0.15) is 0 Å². The number of aliphatic hydroxyl groups excluding tert-OH is 1. The van der Waals surface area contributed by atoms with Crippen molar-refractivity contribution in [1.82, 2.24) is 5.32 Å². The SMILES string of the molecule is CC(CN)CC(=O)NCC1CCC(O)C1. The molecule has 0 aromatic rings. The average Bonchev–Trinajstić information content (AvgIpc) is 2.61. The van der Waals surface area contributed by atoms with Gasteiger partial charge in [-0.15, -0.1) is 0 Å². The fraction of sp³-hybridized carbons (Fsp3) is 0.909. The number of carbonyl (C=O) groups excluding carboxylic acids is 1. The van der Waals surface area contributed by atoms with Crippen LogP contribution in [-0.2, 0) is 4.79 Å². The molecule has 1 aliphatic carbocycles. The van der Waals surface area contributed by atoms with Crippen molar-refractivity contribution in [1.29, 1.82) is 0 Å². The van der Waals surface area contributed by atoms with Crippen molar-refractivity contribution < 1.29 is 9.90 Å². The fourth-order valence-electron chi connectivity index (χ4n) is 1.96. The second-order valence-electron chi connectivity index (χ2n) is 4.68. The summed E-state index contributed by atoms with van der Waals surface area (Å²) in [6.45, 7) is 3.22. The number of nitrogens with one attached hydrogen (secondary N) is 1. The first-order valence-electron chi connectivity index (χ1n) is 5.76. The van der Waals surface area contributed by atoms with Gasteiger partial charge in [-0.05, 0) is 37.6 Å². The molecule has 0 saturated heterocycles. The van der Waals surface area contributed by atoms with Gasteiger partial charge in [-0.1, -0.05) is 6.92 Å². The van der Waals surface area contributed by atoms with E-state index in [0.29, 0.717) is 25.4 Å². The standard InChI is InChI=1S/C11H22N2O2/c1-8(6-12)4-11(15)13-7-9-2-3-10(14)5-9/h8-10,14H,2-7,12H2,1H3,(H,13,15). The molecule has 4 nitrogen and oxygen atoms in total. The molecule has 0 bridgehead atoms. The van der Waals surface area contributed by atoms with E-state index in [9.17, 15) is 9.90 Å². The van der Waals surface area contributed by atoms with Gasteiger partial charge in [0.05, 0.1) is 6.10 Å². The van der Waals surface area contributed by atoms with Gasteiger partial charge in [0.15, 0.2) is 0 Å². The third-order valence-electron chi connectivity index (χ3n) is 3.04. The van der Waals surface area contributed by atoms with E-state index in [0.717, 1.165) is 19.3 Å². The van der Waals surface area contributed by atoms with Gasteiger partial charge in [-0.25, -0.2) is 0 Å². The van der Waals surface area contributed by atoms with Gasteiger partial charge in [-0.3, -0.25) is 4.79 Å². The van der Waals surface area contributed by atoms with E-state index in [4.69, 9.17) is 5.73 Å². The largest absolute Gasteiger partial charge is 0.393 e. The Morgan fingerprint density at radius 2 is 2.33 bits per heavy atom. The van der Waals surface area contributed by atoms with E-state index < -0.39 is 0 Å². The molecular formula is C11H22N2O2. The van der Waals surface area contributed by atoms with Crippen LogP contribution in [0.3, 0.4) is 0 Å². The number of carbonyl (C=O) groups is 1. The maximum Gasteiger partial charge on any atom is 0.220 e. The molecule has 1 rings (SSSR count). The molecule has 1 saturated carbocycles. The molecule has 88 valence electrons. The zero-order valence-corrected chi connectivity index (χ0v) is 9.41. The normalized spacial score (nSPS) is 27.7. The van der Waals surface area contributed by atoms with E-state index >= 15 is 0 Å². The number of nitrogens with two attached hydrogens (primary N) is 1. The highest BCUT2D eigenvalue weighted by molar-refractivity contribution is 5.76. The molecule has 3 unspecified atom stereocenters. The summed E-state index contributed by atoms with van der Waals surface area (Å²) in [5.41, 5.74) is 5.44. The molecule has 0 heterocycles. The van der Waals surface area contributed by atoms with Crippen LogP contribution < -0.4 is 11.1 Å². The van der Waals surface area contributed by atoms with Gasteiger partial charge in [0.25, 0.3) is 0 Å². The minimum absolute atomic E-state index is 0.0781. The first-order chi connectivity index (χ1) is 7.11. The van der Waals surface area contributed by atoms with Crippen molar-refractivity contribution in [3.8, 4) is 0 Å². The zero-order chi connectivity index (χ0) is 11.3. The van der Waals surface area contributed by atoms with Crippen LogP contribution in [0, 0.1) is 11.8 Å². The molecule has 1 amide bonds. The fourth-order valence-corrected chi connectivity index (χ4v) is 1.96. The van der Waals surface area contributed by atoms with E-state index in [1.807, 2.05) is 6.92 Å². The summed E-state index contributed by atoms with van der Waals surface area (Å²) in [5, 5.41) is 12.2. The van der Waals surface area contributed by atoms with Crippen LogP contribution in [0.25, 0.3) is 0 Å². The summed E-state index contributed by atoms with van der Waals surface area (Å²) >= 11 is 0. The monoisotopic (exact) mass is 214 g/mol. The van der Waals surface area contributed by atoms with Crippen LogP contribution in [0.2, 0.25) is 0 Å². The molecule has 3 atom stereocenters. The maximum absolute atomic E-state index is 11.4. The third kappa shape index (κ3) is 4.62. The Hall–Kier alpha value is -0.610. The second kappa shape index (κ2) is 6.08. The summed E-state index contributed by atoms with van der Waals surface area (Å²) in [7, 11) is 0. The molecule has 4 heteroatoms.